The van der Waals surface area contributed by atoms with E-state index in [2.05, 4.69) is 19.2 Å². The molecule has 0 bridgehead atoms. The Morgan fingerprint density at radius 1 is 0.623 bits per heavy atom. The molecule has 0 aromatic heterocycles. The van der Waals surface area contributed by atoms with Gasteiger partial charge in [0.2, 0.25) is 5.91 Å². The Labute approximate surface area is 325 Å². The van der Waals surface area contributed by atoms with Gasteiger partial charge in [-0.25, -0.2) is 0 Å². The number of carbonyl (C=O) groups is 1. The molecule has 1 saturated heterocycles. The first-order valence-electron chi connectivity index (χ1n) is 22.4. The molecule has 1 rings (SSSR count). The molecule has 9 heteroatoms. The fourth-order valence-corrected chi connectivity index (χ4v) is 7.21. The summed E-state index contributed by atoms with van der Waals surface area (Å²) in [7, 11) is 0. The van der Waals surface area contributed by atoms with Gasteiger partial charge in [0.05, 0.1) is 25.4 Å². The Hall–Kier alpha value is -1.07. The predicted molar refractivity (Wildman–Crippen MR) is 217 cm³/mol. The summed E-state index contributed by atoms with van der Waals surface area (Å²) in [5.74, 6) is -0.176. The van der Waals surface area contributed by atoms with E-state index in [0.717, 1.165) is 38.5 Å². The number of aliphatic hydroxyl groups is 5. The van der Waals surface area contributed by atoms with Crippen molar-refractivity contribution in [3.63, 3.8) is 0 Å². The zero-order chi connectivity index (χ0) is 38.8. The number of hydrogen-bond donors (Lipinski definition) is 6. The van der Waals surface area contributed by atoms with E-state index in [9.17, 15) is 30.3 Å². The highest BCUT2D eigenvalue weighted by atomic mass is 16.7. The maximum Gasteiger partial charge on any atom is 0.220 e. The maximum absolute atomic E-state index is 12.9. The third-order valence-electron chi connectivity index (χ3n) is 10.9. The van der Waals surface area contributed by atoms with Crippen molar-refractivity contribution in [3.05, 3.63) is 12.2 Å². The van der Waals surface area contributed by atoms with Crippen LogP contribution in [0.15, 0.2) is 12.2 Å². The van der Waals surface area contributed by atoms with Gasteiger partial charge in [-0.3, -0.25) is 4.79 Å². The average Bonchev–Trinajstić information content (AvgIpc) is 3.16. The van der Waals surface area contributed by atoms with Crippen molar-refractivity contribution in [3.8, 4) is 0 Å². The van der Waals surface area contributed by atoms with Crippen molar-refractivity contribution in [2.24, 2.45) is 0 Å². The van der Waals surface area contributed by atoms with Crippen LogP contribution in [0.25, 0.3) is 0 Å². The van der Waals surface area contributed by atoms with Crippen molar-refractivity contribution in [2.75, 3.05) is 13.2 Å². The molecule has 1 amide bonds. The van der Waals surface area contributed by atoms with Gasteiger partial charge in [-0.2, -0.15) is 0 Å². The van der Waals surface area contributed by atoms with Crippen LogP contribution in [-0.4, -0.2) is 87.5 Å². The lowest BCUT2D eigenvalue weighted by Gasteiger charge is -2.40. The van der Waals surface area contributed by atoms with E-state index in [1.54, 1.807) is 6.08 Å². The molecule has 6 N–H and O–H groups in total. The Bertz CT molecular complexity index is 842. The SMILES string of the molecule is CCCCCCCCC/C=C/C(O)C(COC1OC(CO)C(O)C(O)C1O)NC(=O)CCCCCCCCCCCCCCCCCCCCCCC. The summed E-state index contributed by atoms with van der Waals surface area (Å²) in [5, 5.41) is 54.0. The predicted octanol–water partition coefficient (Wildman–Crippen LogP) is 8.95. The minimum Gasteiger partial charge on any atom is -0.394 e. The van der Waals surface area contributed by atoms with Crippen LogP contribution >= 0.6 is 0 Å². The Morgan fingerprint density at radius 2 is 1.04 bits per heavy atom. The van der Waals surface area contributed by atoms with Crippen LogP contribution < -0.4 is 5.32 Å². The van der Waals surface area contributed by atoms with E-state index in [-0.39, 0.29) is 12.5 Å². The van der Waals surface area contributed by atoms with Crippen molar-refractivity contribution >= 4 is 5.91 Å². The molecular formula is C44H85NO8. The number of nitrogens with one attached hydrogen (secondary N) is 1. The second-order valence-electron chi connectivity index (χ2n) is 15.9. The minimum atomic E-state index is -1.56. The fourth-order valence-electron chi connectivity index (χ4n) is 7.21. The lowest BCUT2D eigenvalue weighted by Crippen LogP contribution is -2.60. The third kappa shape index (κ3) is 26.4. The number of ether oxygens (including phenoxy) is 2. The largest absolute Gasteiger partial charge is 0.394 e. The third-order valence-corrected chi connectivity index (χ3v) is 10.9. The molecular weight excluding hydrogens is 670 g/mol. The second kappa shape index (κ2) is 35.4. The van der Waals surface area contributed by atoms with Crippen molar-refractivity contribution in [2.45, 2.75) is 249 Å². The van der Waals surface area contributed by atoms with E-state index < -0.39 is 49.5 Å². The smallest absolute Gasteiger partial charge is 0.220 e. The van der Waals surface area contributed by atoms with Crippen LogP contribution in [0, 0.1) is 0 Å². The topological polar surface area (TPSA) is 149 Å². The van der Waals surface area contributed by atoms with Crippen LogP contribution in [0.4, 0.5) is 0 Å². The van der Waals surface area contributed by atoms with E-state index in [1.165, 1.54) is 148 Å². The Balaban J connectivity index is 2.26. The highest BCUT2D eigenvalue weighted by molar-refractivity contribution is 5.76. The molecule has 9 nitrogen and oxygen atoms in total. The first-order chi connectivity index (χ1) is 25.8. The van der Waals surface area contributed by atoms with Crippen LogP contribution in [0.3, 0.4) is 0 Å². The van der Waals surface area contributed by atoms with E-state index >= 15 is 0 Å². The fraction of sp³-hybridized carbons (Fsp3) is 0.932. The van der Waals surface area contributed by atoms with Crippen molar-refractivity contribution in [1.29, 1.82) is 0 Å². The number of carbonyl (C=O) groups excluding carboxylic acids is 1. The van der Waals surface area contributed by atoms with Gasteiger partial charge in [0.25, 0.3) is 0 Å². The highest BCUT2D eigenvalue weighted by Crippen LogP contribution is 2.23. The van der Waals surface area contributed by atoms with Crippen LogP contribution in [0.1, 0.15) is 206 Å². The number of unbranched alkanes of at least 4 members (excludes halogenated alkanes) is 27. The lowest BCUT2D eigenvalue weighted by atomic mass is 9.99. The monoisotopic (exact) mass is 756 g/mol. The summed E-state index contributed by atoms with van der Waals surface area (Å²) in [6.07, 6.45) is 32.7. The van der Waals surface area contributed by atoms with Gasteiger partial charge in [-0.15, -0.1) is 0 Å². The van der Waals surface area contributed by atoms with Gasteiger partial charge in [0, 0.05) is 6.42 Å². The Morgan fingerprint density at radius 3 is 1.47 bits per heavy atom. The first-order valence-corrected chi connectivity index (χ1v) is 22.4. The minimum absolute atomic E-state index is 0.176. The molecule has 1 fully saturated rings. The van der Waals surface area contributed by atoms with E-state index in [0.29, 0.717) is 6.42 Å². The molecule has 1 heterocycles. The zero-order valence-electron chi connectivity index (χ0n) is 34.3. The van der Waals surface area contributed by atoms with E-state index in [4.69, 9.17) is 9.47 Å². The molecule has 0 radical (unpaired) electrons. The molecule has 0 spiro atoms. The van der Waals surface area contributed by atoms with Crippen LogP contribution in [0.2, 0.25) is 0 Å². The number of rotatable bonds is 37. The van der Waals surface area contributed by atoms with E-state index in [1.807, 2.05) is 6.08 Å². The normalized spacial score (nSPS) is 21.7. The van der Waals surface area contributed by atoms with Crippen molar-refractivity contribution < 1.29 is 39.8 Å². The molecule has 0 aliphatic carbocycles. The number of amides is 1. The van der Waals surface area contributed by atoms with Crippen molar-refractivity contribution in [1.82, 2.24) is 5.32 Å². The summed E-state index contributed by atoms with van der Waals surface area (Å²) < 4.78 is 11.2. The van der Waals surface area contributed by atoms with Gasteiger partial charge in [0.1, 0.15) is 24.4 Å². The molecule has 0 aromatic rings. The number of allylic oxidation sites excluding steroid dienone is 1. The summed E-state index contributed by atoms with van der Waals surface area (Å²) in [5.41, 5.74) is 0. The number of hydrogen-bond acceptors (Lipinski definition) is 8. The Kier molecular flexibility index (Phi) is 33.3. The first kappa shape index (κ1) is 49.9. The summed E-state index contributed by atoms with van der Waals surface area (Å²) in [6.45, 7) is 3.75. The second-order valence-corrected chi connectivity index (χ2v) is 15.9. The quantitative estimate of drug-likeness (QED) is 0.0272. The zero-order valence-corrected chi connectivity index (χ0v) is 34.3. The molecule has 0 aromatic carbocycles. The maximum atomic E-state index is 12.9. The van der Waals surface area contributed by atoms with Gasteiger partial charge < -0.3 is 40.3 Å². The van der Waals surface area contributed by atoms with Gasteiger partial charge >= 0.3 is 0 Å². The molecule has 1 aliphatic rings. The summed E-state index contributed by atoms with van der Waals surface area (Å²) in [6, 6.07) is -0.796. The number of aliphatic hydroxyl groups excluding tert-OH is 5. The van der Waals surface area contributed by atoms with Crippen LogP contribution in [-0.2, 0) is 14.3 Å². The molecule has 0 saturated carbocycles. The summed E-state index contributed by atoms with van der Waals surface area (Å²) in [4.78, 5) is 12.9. The summed E-state index contributed by atoms with van der Waals surface area (Å²) >= 11 is 0. The molecule has 53 heavy (non-hydrogen) atoms. The van der Waals surface area contributed by atoms with Gasteiger partial charge in [-0.05, 0) is 19.3 Å². The standard InChI is InChI=1S/C44H85NO8/c1-3-5-7-9-11-13-14-15-16-17-18-19-20-21-22-23-24-26-28-30-32-34-40(48)45-37(38(47)33-31-29-27-25-12-10-8-6-4-2)36-52-44-43(51)42(50)41(49)39(35-46)53-44/h31,33,37-39,41-44,46-47,49-51H,3-30,32,34-36H2,1-2H3,(H,45,48)/b33-31+. The average molecular weight is 756 g/mol. The molecule has 314 valence electrons. The molecule has 7 atom stereocenters. The van der Waals surface area contributed by atoms with Gasteiger partial charge in [0.15, 0.2) is 6.29 Å². The van der Waals surface area contributed by atoms with Crippen LogP contribution in [0.5, 0.6) is 0 Å². The molecule has 7 unspecified atom stereocenters. The molecule has 1 aliphatic heterocycles. The highest BCUT2D eigenvalue weighted by Gasteiger charge is 2.44. The lowest BCUT2D eigenvalue weighted by molar-refractivity contribution is -0.302. The van der Waals surface area contributed by atoms with Gasteiger partial charge in [-0.1, -0.05) is 193 Å².